The van der Waals surface area contributed by atoms with Crippen LogP contribution in [0.2, 0.25) is 0 Å². The van der Waals surface area contributed by atoms with Gasteiger partial charge < -0.3 is 4.84 Å². The largest absolute Gasteiger partial charge is 0.433 e. The minimum atomic E-state index is -4.48. The Hall–Kier alpha value is -2.25. The van der Waals surface area contributed by atoms with Crippen molar-refractivity contribution >= 4 is 17.3 Å². The van der Waals surface area contributed by atoms with Crippen LogP contribution in [0.4, 0.5) is 13.2 Å². The van der Waals surface area contributed by atoms with Crippen LogP contribution in [0.5, 0.6) is 0 Å². The fourth-order valence-electron chi connectivity index (χ4n) is 3.43. The van der Waals surface area contributed by atoms with Crippen LogP contribution < -0.4 is 0 Å². The fourth-order valence-corrected chi connectivity index (χ4v) is 3.43. The number of hydrogen-bond acceptors (Lipinski definition) is 5. The Labute approximate surface area is 175 Å². The Morgan fingerprint density at radius 2 is 1.90 bits per heavy atom. The Bertz CT molecular complexity index is 767. The van der Waals surface area contributed by atoms with E-state index in [2.05, 4.69) is 29.0 Å². The molecule has 0 N–H and O–H groups in total. The Balaban J connectivity index is 0.000000232. The first kappa shape index (κ1) is 24.0. The lowest BCUT2D eigenvalue weighted by molar-refractivity contribution is -0.141. The van der Waals surface area contributed by atoms with E-state index in [9.17, 15) is 18.0 Å². The molecule has 30 heavy (non-hydrogen) atoms. The normalized spacial score (nSPS) is 21.5. The molecule has 1 aliphatic carbocycles. The standard InChI is InChI=1S/C11H10F3N3O.C11H20O/c1-2-8-6-18-17-10(16-8)7-3-4-15-9(5-7)11(12,13)14;1-3-4-11(12)10-7-5-9(2)6-8-10/h3-5H,2,6H2,1H3;9-10H,3-8H2,1-2H3. The van der Waals surface area contributed by atoms with Crippen LogP contribution in [-0.2, 0) is 15.8 Å². The molecule has 2 heterocycles. The molecule has 166 valence electrons. The van der Waals surface area contributed by atoms with Crippen molar-refractivity contribution in [3.05, 3.63) is 29.6 Å². The number of alkyl halides is 3. The summed E-state index contributed by atoms with van der Waals surface area (Å²) in [5.74, 6) is 1.94. The molecule has 1 fully saturated rings. The van der Waals surface area contributed by atoms with E-state index >= 15 is 0 Å². The quantitative estimate of drug-likeness (QED) is 0.597. The highest BCUT2D eigenvalue weighted by Gasteiger charge is 2.33. The van der Waals surface area contributed by atoms with Crippen LogP contribution in [0, 0.1) is 11.8 Å². The number of aliphatic imine (C=N–C) groups is 1. The van der Waals surface area contributed by atoms with Crippen LogP contribution in [0.15, 0.2) is 28.5 Å². The first-order valence-corrected chi connectivity index (χ1v) is 10.6. The number of rotatable bonds is 5. The number of amidine groups is 1. The molecule has 0 amide bonds. The second kappa shape index (κ2) is 11.2. The number of aromatic nitrogens is 1. The number of oxime groups is 1. The molecular formula is C22H30F3N3O2. The zero-order valence-electron chi connectivity index (χ0n) is 17.8. The summed E-state index contributed by atoms with van der Waals surface area (Å²) in [4.78, 5) is 23.8. The smallest absolute Gasteiger partial charge is 0.388 e. The molecule has 8 heteroatoms. The molecule has 2 aliphatic rings. The molecule has 0 spiro atoms. The van der Waals surface area contributed by atoms with Gasteiger partial charge in [-0.15, -0.1) is 0 Å². The SMILES string of the molecule is CCC1=NC(c2ccnc(C(F)(F)F)c2)=NOC1.CCCC(=O)C1CCC(C)CC1. The van der Waals surface area contributed by atoms with Crippen molar-refractivity contribution in [1.82, 2.24) is 4.98 Å². The summed E-state index contributed by atoms with van der Waals surface area (Å²) in [5, 5.41) is 3.66. The van der Waals surface area contributed by atoms with Gasteiger partial charge in [-0.25, -0.2) is 4.99 Å². The van der Waals surface area contributed by atoms with Crippen molar-refractivity contribution in [2.45, 2.75) is 71.9 Å². The number of Topliss-reactive ketones (excluding diaryl/α,β-unsaturated/α-hetero) is 1. The van der Waals surface area contributed by atoms with Crippen LogP contribution in [-0.4, -0.2) is 28.9 Å². The summed E-state index contributed by atoms with van der Waals surface area (Å²) >= 11 is 0. The van der Waals surface area contributed by atoms with Gasteiger partial charge in [0.2, 0.25) is 0 Å². The van der Waals surface area contributed by atoms with Crippen molar-refractivity contribution in [3.8, 4) is 0 Å². The van der Waals surface area contributed by atoms with Crippen molar-refractivity contribution in [3.63, 3.8) is 0 Å². The van der Waals surface area contributed by atoms with E-state index in [0.717, 1.165) is 49.6 Å². The lowest BCUT2D eigenvalue weighted by Crippen LogP contribution is -2.20. The van der Waals surface area contributed by atoms with Gasteiger partial charge in [-0.2, -0.15) is 13.2 Å². The summed E-state index contributed by atoms with van der Waals surface area (Å²) in [6, 6.07) is 2.32. The predicted molar refractivity (Wildman–Crippen MR) is 110 cm³/mol. The van der Waals surface area contributed by atoms with Crippen LogP contribution >= 0.6 is 0 Å². The van der Waals surface area contributed by atoms with E-state index < -0.39 is 11.9 Å². The van der Waals surface area contributed by atoms with Crippen LogP contribution in [0.25, 0.3) is 0 Å². The van der Waals surface area contributed by atoms with Gasteiger partial charge in [-0.3, -0.25) is 9.78 Å². The van der Waals surface area contributed by atoms with E-state index in [4.69, 9.17) is 4.84 Å². The molecule has 3 rings (SSSR count). The number of nitrogens with zero attached hydrogens (tertiary/aromatic N) is 3. The van der Waals surface area contributed by atoms with Gasteiger partial charge in [-0.05, 0) is 43.7 Å². The monoisotopic (exact) mass is 425 g/mol. The van der Waals surface area contributed by atoms with E-state index in [1.165, 1.54) is 18.9 Å². The summed E-state index contributed by atoms with van der Waals surface area (Å²) in [5.41, 5.74) is 0.00914. The molecule has 0 atom stereocenters. The third-order valence-corrected chi connectivity index (χ3v) is 5.33. The number of pyridine rings is 1. The number of halogens is 3. The Morgan fingerprint density at radius 3 is 2.50 bits per heavy atom. The molecule has 1 aromatic heterocycles. The first-order chi connectivity index (χ1) is 14.2. The van der Waals surface area contributed by atoms with Gasteiger partial charge in [0.15, 0.2) is 12.4 Å². The summed E-state index contributed by atoms with van der Waals surface area (Å²) in [6.07, 6.45) is 3.92. The summed E-state index contributed by atoms with van der Waals surface area (Å²) in [6.45, 7) is 6.54. The average Bonchev–Trinajstić information content (AvgIpc) is 2.74. The zero-order chi connectivity index (χ0) is 22.1. The molecular weight excluding hydrogens is 395 g/mol. The van der Waals surface area contributed by atoms with Gasteiger partial charge in [0, 0.05) is 24.1 Å². The summed E-state index contributed by atoms with van der Waals surface area (Å²) in [7, 11) is 0. The fraction of sp³-hybridized carbons (Fsp3) is 0.636. The second-order valence-corrected chi connectivity index (χ2v) is 7.82. The molecule has 1 aliphatic heterocycles. The molecule has 5 nitrogen and oxygen atoms in total. The van der Waals surface area contributed by atoms with Gasteiger partial charge >= 0.3 is 6.18 Å². The zero-order valence-corrected chi connectivity index (χ0v) is 17.8. The van der Waals surface area contributed by atoms with Gasteiger partial charge in [0.25, 0.3) is 0 Å². The van der Waals surface area contributed by atoms with Gasteiger partial charge in [-0.1, -0.05) is 38.8 Å². The van der Waals surface area contributed by atoms with E-state index in [0.29, 0.717) is 18.1 Å². The van der Waals surface area contributed by atoms with Crippen LogP contribution in [0.1, 0.15) is 77.0 Å². The van der Waals surface area contributed by atoms with Gasteiger partial charge in [0.05, 0.1) is 5.71 Å². The van der Waals surface area contributed by atoms with E-state index in [-0.39, 0.29) is 18.0 Å². The van der Waals surface area contributed by atoms with Crippen molar-refractivity contribution in [2.24, 2.45) is 22.0 Å². The highest BCUT2D eigenvalue weighted by atomic mass is 19.4. The predicted octanol–water partition coefficient (Wildman–Crippen LogP) is 5.83. The van der Waals surface area contributed by atoms with E-state index in [1.807, 2.05) is 6.92 Å². The third-order valence-electron chi connectivity index (χ3n) is 5.33. The lowest BCUT2D eigenvalue weighted by atomic mass is 9.80. The molecule has 0 aromatic carbocycles. The minimum Gasteiger partial charge on any atom is -0.388 e. The Kier molecular flexibility index (Phi) is 8.99. The van der Waals surface area contributed by atoms with Crippen molar-refractivity contribution in [1.29, 1.82) is 0 Å². The Morgan fingerprint density at radius 1 is 1.20 bits per heavy atom. The maximum atomic E-state index is 12.5. The number of hydrogen-bond donors (Lipinski definition) is 0. The third kappa shape index (κ3) is 7.22. The molecule has 1 saturated carbocycles. The molecule has 0 saturated heterocycles. The number of carbonyl (C=O) groups excluding carboxylic acids is 1. The molecule has 0 bridgehead atoms. The number of ketones is 1. The first-order valence-electron chi connectivity index (χ1n) is 10.6. The average molecular weight is 425 g/mol. The number of carbonyl (C=O) groups is 1. The lowest BCUT2D eigenvalue weighted by Gasteiger charge is -2.24. The minimum absolute atomic E-state index is 0.144. The molecule has 0 radical (unpaired) electrons. The highest BCUT2D eigenvalue weighted by molar-refractivity contribution is 6.07. The maximum absolute atomic E-state index is 12.5. The highest BCUT2D eigenvalue weighted by Crippen LogP contribution is 2.30. The van der Waals surface area contributed by atoms with Gasteiger partial charge in [0.1, 0.15) is 11.5 Å². The summed E-state index contributed by atoms with van der Waals surface area (Å²) < 4.78 is 37.5. The maximum Gasteiger partial charge on any atom is 0.433 e. The second-order valence-electron chi connectivity index (χ2n) is 7.82. The van der Waals surface area contributed by atoms with E-state index in [1.54, 1.807) is 0 Å². The van der Waals surface area contributed by atoms with Crippen LogP contribution in [0.3, 0.4) is 0 Å². The van der Waals surface area contributed by atoms with Crippen molar-refractivity contribution in [2.75, 3.05) is 6.61 Å². The molecule has 0 unspecified atom stereocenters. The topological polar surface area (TPSA) is 63.9 Å². The van der Waals surface area contributed by atoms with Crippen molar-refractivity contribution < 1.29 is 22.8 Å². The molecule has 1 aromatic rings.